The standard InChI is InChI=1S/C14H18F5N/c1-4-7(5-2)14(20-6-3)8-9(15)11(17)13(19)12(18)10(8)16/h7,14,20H,4-6H2,1-3H3. The van der Waals surface area contributed by atoms with Gasteiger partial charge in [-0.3, -0.25) is 0 Å². The summed E-state index contributed by atoms with van der Waals surface area (Å²) in [5.74, 6) is -9.63. The van der Waals surface area contributed by atoms with E-state index in [9.17, 15) is 22.0 Å². The normalized spacial score (nSPS) is 13.1. The van der Waals surface area contributed by atoms with Crippen LogP contribution in [-0.2, 0) is 0 Å². The second kappa shape index (κ2) is 7.02. The van der Waals surface area contributed by atoms with Gasteiger partial charge in [-0.05, 0) is 12.5 Å². The van der Waals surface area contributed by atoms with E-state index in [-0.39, 0.29) is 5.92 Å². The minimum Gasteiger partial charge on any atom is -0.310 e. The van der Waals surface area contributed by atoms with Crippen molar-refractivity contribution < 1.29 is 22.0 Å². The van der Waals surface area contributed by atoms with Crippen LogP contribution >= 0.6 is 0 Å². The van der Waals surface area contributed by atoms with Crippen LogP contribution in [0.15, 0.2) is 0 Å². The average Bonchev–Trinajstić information content (AvgIpc) is 2.44. The molecule has 1 rings (SSSR count). The maximum atomic E-state index is 13.8. The molecule has 1 N–H and O–H groups in total. The van der Waals surface area contributed by atoms with Crippen LogP contribution in [0, 0.1) is 35.0 Å². The average molecular weight is 295 g/mol. The Balaban J connectivity index is 3.48. The first-order valence-electron chi connectivity index (χ1n) is 6.65. The second-order valence-corrected chi connectivity index (χ2v) is 4.60. The fourth-order valence-corrected chi connectivity index (χ4v) is 2.38. The molecular formula is C14H18F5N. The largest absolute Gasteiger partial charge is 0.310 e. The summed E-state index contributed by atoms with van der Waals surface area (Å²) in [5.41, 5.74) is -0.767. The molecule has 20 heavy (non-hydrogen) atoms. The first-order chi connectivity index (χ1) is 9.40. The number of nitrogens with one attached hydrogen (secondary N) is 1. The van der Waals surface area contributed by atoms with Crippen LogP contribution < -0.4 is 5.32 Å². The Morgan fingerprint density at radius 1 is 0.750 bits per heavy atom. The van der Waals surface area contributed by atoms with Gasteiger partial charge in [0.05, 0.1) is 0 Å². The molecule has 0 fully saturated rings. The monoisotopic (exact) mass is 295 g/mol. The lowest BCUT2D eigenvalue weighted by Crippen LogP contribution is -2.30. The molecule has 0 saturated heterocycles. The zero-order valence-electron chi connectivity index (χ0n) is 11.7. The van der Waals surface area contributed by atoms with Crippen molar-refractivity contribution in [2.24, 2.45) is 5.92 Å². The van der Waals surface area contributed by atoms with E-state index in [0.717, 1.165) is 0 Å². The third-order valence-electron chi connectivity index (χ3n) is 3.50. The maximum absolute atomic E-state index is 13.8. The summed E-state index contributed by atoms with van der Waals surface area (Å²) in [5, 5.41) is 2.82. The van der Waals surface area contributed by atoms with E-state index in [1.807, 2.05) is 13.8 Å². The zero-order valence-corrected chi connectivity index (χ0v) is 11.7. The minimum atomic E-state index is -2.12. The SMILES string of the molecule is CCNC(c1c(F)c(F)c(F)c(F)c1F)C(CC)CC. The summed E-state index contributed by atoms with van der Waals surface area (Å²) in [6.07, 6.45) is 1.13. The molecule has 0 spiro atoms. The van der Waals surface area contributed by atoms with Gasteiger partial charge < -0.3 is 5.32 Å². The van der Waals surface area contributed by atoms with Crippen LogP contribution in [0.4, 0.5) is 22.0 Å². The Kier molecular flexibility index (Phi) is 5.92. The lowest BCUT2D eigenvalue weighted by Gasteiger charge is -2.27. The highest BCUT2D eigenvalue weighted by Crippen LogP contribution is 2.34. The molecule has 0 radical (unpaired) electrons. The molecule has 0 aromatic heterocycles. The van der Waals surface area contributed by atoms with Crippen LogP contribution in [0.5, 0.6) is 0 Å². The Hall–Kier alpha value is -1.17. The van der Waals surface area contributed by atoms with Gasteiger partial charge in [0.2, 0.25) is 5.82 Å². The van der Waals surface area contributed by atoms with E-state index in [1.165, 1.54) is 0 Å². The second-order valence-electron chi connectivity index (χ2n) is 4.60. The van der Waals surface area contributed by atoms with E-state index in [0.29, 0.717) is 19.4 Å². The van der Waals surface area contributed by atoms with Crippen molar-refractivity contribution in [2.75, 3.05) is 6.54 Å². The van der Waals surface area contributed by atoms with Gasteiger partial charge in [0.25, 0.3) is 0 Å². The van der Waals surface area contributed by atoms with Crippen molar-refractivity contribution in [1.29, 1.82) is 0 Å². The minimum absolute atomic E-state index is 0.219. The molecule has 0 aliphatic heterocycles. The van der Waals surface area contributed by atoms with Crippen molar-refractivity contribution in [1.82, 2.24) is 5.32 Å². The molecule has 1 unspecified atom stereocenters. The molecule has 0 aliphatic carbocycles. The van der Waals surface area contributed by atoms with Crippen molar-refractivity contribution >= 4 is 0 Å². The molecule has 0 aliphatic rings. The van der Waals surface area contributed by atoms with Gasteiger partial charge in [0.1, 0.15) is 0 Å². The number of halogens is 5. The summed E-state index contributed by atoms with van der Waals surface area (Å²) >= 11 is 0. The van der Waals surface area contributed by atoms with E-state index in [4.69, 9.17) is 0 Å². The maximum Gasteiger partial charge on any atom is 0.200 e. The fourth-order valence-electron chi connectivity index (χ4n) is 2.38. The van der Waals surface area contributed by atoms with E-state index >= 15 is 0 Å². The van der Waals surface area contributed by atoms with Gasteiger partial charge in [-0.15, -0.1) is 0 Å². The number of hydrogen-bond donors (Lipinski definition) is 1. The zero-order chi connectivity index (χ0) is 15.4. The first-order valence-corrected chi connectivity index (χ1v) is 6.65. The van der Waals surface area contributed by atoms with Crippen molar-refractivity contribution in [2.45, 2.75) is 39.7 Å². The Bertz CT molecular complexity index is 442. The van der Waals surface area contributed by atoms with Crippen LogP contribution in [-0.4, -0.2) is 6.54 Å². The van der Waals surface area contributed by atoms with Crippen LogP contribution in [0.2, 0.25) is 0 Å². The van der Waals surface area contributed by atoms with E-state index < -0.39 is 40.7 Å². The van der Waals surface area contributed by atoms with E-state index in [2.05, 4.69) is 5.32 Å². The molecule has 0 heterocycles. The highest BCUT2D eigenvalue weighted by molar-refractivity contribution is 5.27. The highest BCUT2D eigenvalue weighted by Gasteiger charge is 2.32. The lowest BCUT2D eigenvalue weighted by molar-refractivity contribution is 0.304. The Morgan fingerprint density at radius 2 is 1.15 bits per heavy atom. The molecule has 0 amide bonds. The summed E-state index contributed by atoms with van der Waals surface area (Å²) in [6, 6.07) is -0.903. The molecule has 1 aromatic carbocycles. The van der Waals surface area contributed by atoms with Gasteiger partial charge in [0.15, 0.2) is 23.3 Å². The number of hydrogen-bond acceptors (Lipinski definition) is 1. The topological polar surface area (TPSA) is 12.0 Å². The molecule has 1 aromatic rings. The highest BCUT2D eigenvalue weighted by atomic mass is 19.2. The number of rotatable bonds is 6. The lowest BCUT2D eigenvalue weighted by atomic mass is 9.88. The fraction of sp³-hybridized carbons (Fsp3) is 0.571. The molecule has 0 saturated carbocycles. The van der Waals surface area contributed by atoms with Crippen molar-refractivity contribution in [3.63, 3.8) is 0 Å². The predicted molar refractivity (Wildman–Crippen MR) is 66.7 cm³/mol. The van der Waals surface area contributed by atoms with E-state index in [1.54, 1.807) is 6.92 Å². The summed E-state index contributed by atoms with van der Waals surface area (Å²) in [4.78, 5) is 0. The predicted octanol–water partition coefficient (Wildman–Crippen LogP) is 4.47. The van der Waals surface area contributed by atoms with Gasteiger partial charge in [-0.1, -0.05) is 33.6 Å². The molecule has 1 nitrogen and oxygen atoms in total. The van der Waals surface area contributed by atoms with Crippen LogP contribution in [0.1, 0.15) is 45.2 Å². The summed E-state index contributed by atoms with van der Waals surface area (Å²) < 4.78 is 67.3. The molecule has 1 atom stereocenters. The quantitative estimate of drug-likeness (QED) is 0.464. The smallest absolute Gasteiger partial charge is 0.200 e. The van der Waals surface area contributed by atoms with Gasteiger partial charge >= 0.3 is 0 Å². The molecule has 6 heteroatoms. The van der Waals surface area contributed by atoms with Crippen LogP contribution in [0.25, 0.3) is 0 Å². The van der Waals surface area contributed by atoms with Gasteiger partial charge in [-0.2, -0.15) is 0 Å². The Morgan fingerprint density at radius 3 is 1.50 bits per heavy atom. The van der Waals surface area contributed by atoms with Gasteiger partial charge in [0, 0.05) is 11.6 Å². The van der Waals surface area contributed by atoms with Crippen LogP contribution in [0.3, 0.4) is 0 Å². The first kappa shape index (κ1) is 16.9. The number of benzene rings is 1. The van der Waals surface area contributed by atoms with Crippen molar-refractivity contribution in [3.8, 4) is 0 Å². The molecule has 114 valence electrons. The molecular weight excluding hydrogens is 277 g/mol. The van der Waals surface area contributed by atoms with Crippen molar-refractivity contribution in [3.05, 3.63) is 34.6 Å². The Labute approximate surface area is 115 Å². The summed E-state index contributed by atoms with van der Waals surface area (Å²) in [7, 11) is 0. The summed E-state index contributed by atoms with van der Waals surface area (Å²) in [6.45, 7) is 5.69. The molecule has 0 bridgehead atoms. The van der Waals surface area contributed by atoms with Gasteiger partial charge in [-0.25, -0.2) is 22.0 Å². The third kappa shape index (κ3) is 2.95. The third-order valence-corrected chi connectivity index (χ3v) is 3.50.